The Balaban J connectivity index is 0.982. The van der Waals surface area contributed by atoms with E-state index in [2.05, 4.69) is 97.8 Å². The third-order valence-electron chi connectivity index (χ3n) is 13.9. The van der Waals surface area contributed by atoms with Gasteiger partial charge in [0.25, 0.3) is 0 Å². The molecular weight excluding hydrogens is 631 g/mol. The quantitative estimate of drug-likeness (QED) is 0.239. The molecule has 0 amide bonds. The second kappa shape index (κ2) is 14.2. The molecule has 51 heavy (non-hydrogen) atoms. The van der Waals surface area contributed by atoms with E-state index in [1.54, 1.807) is 11.1 Å². The van der Waals surface area contributed by atoms with Gasteiger partial charge in [0.15, 0.2) is 5.79 Å². The van der Waals surface area contributed by atoms with Crippen LogP contribution >= 0.6 is 0 Å². The number of hydrogen-bond donors (Lipinski definition) is 3. The Hall–Kier alpha value is -2.80. The molecule has 8 rings (SSSR count). The number of anilines is 2. The number of allylic oxidation sites excluding steroid dienone is 3. The van der Waals surface area contributed by atoms with Crippen LogP contribution in [-0.4, -0.2) is 43.3 Å². The van der Waals surface area contributed by atoms with Crippen LogP contribution in [0.5, 0.6) is 0 Å². The van der Waals surface area contributed by atoms with E-state index in [4.69, 9.17) is 9.47 Å². The molecule has 1 spiro atoms. The minimum absolute atomic E-state index is 0.0129. The number of fused-ring (bicyclic) bond motifs is 4. The van der Waals surface area contributed by atoms with Gasteiger partial charge in [-0.05, 0) is 129 Å². The lowest BCUT2D eigenvalue weighted by Gasteiger charge is -2.55. The molecule has 5 fully saturated rings. The summed E-state index contributed by atoms with van der Waals surface area (Å²) in [5.74, 6) is 2.75. The molecule has 6 heteroatoms. The van der Waals surface area contributed by atoms with E-state index < -0.39 is 5.79 Å². The first-order valence-corrected chi connectivity index (χ1v) is 20.5. The van der Waals surface area contributed by atoms with E-state index >= 15 is 0 Å². The number of piperidine rings is 1. The van der Waals surface area contributed by atoms with E-state index in [9.17, 15) is 5.11 Å². The molecule has 4 aliphatic carbocycles. The molecule has 3 N–H and O–H groups in total. The SMILES string of the molecule is CC/C=C(/NCc1ccc(C2CC3(C)C(O)CCC3C3CCC4CC5(CCC4=C23)OCC(C)(C)CO5)cc1)Nc1ccc(N2CCCCC2)cc1. The van der Waals surface area contributed by atoms with Gasteiger partial charge in [-0.15, -0.1) is 0 Å². The molecule has 3 saturated carbocycles. The summed E-state index contributed by atoms with van der Waals surface area (Å²) >= 11 is 0. The number of aliphatic hydroxyl groups excluding tert-OH is 1. The van der Waals surface area contributed by atoms with Gasteiger partial charge in [0, 0.05) is 55.2 Å². The van der Waals surface area contributed by atoms with Crippen LogP contribution in [0.1, 0.15) is 122 Å². The molecule has 276 valence electrons. The average molecular weight is 694 g/mol. The van der Waals surface area contributed by atoms with Crippen LogP contribution in [0.4, 0.5) is 11.4 Å². The van der Waals surface area contributed by atoms with Crippen LogP contribution < -0.4 is 15.5 Å². The van der Waals surface area contributed by atoms with Crippen molar-refractivity contribution >= 4 is 11.4 Å². The van der Waals surface area contributed by atoms with Crippen molar-refractivity contribution in [1.29, 1.82) is 0 Å². The summed E-state index contributed by atoms with van der Waals surface area (Å²) in [6.07, 6.45) is 15.6. The largest absolute Gasteiger partial charge is 0.393 e. The van der Waals surface area contributed by atoms with E-state index in [-0.39, 0.29) is 16.9 Å². The highest BCUT2D eigenvalue weighted by Crippen LogP contribution is 2.65. The summed E-state index contributed by atoms with van der Waals surface area (Å²) in [6.45, 7) is 13.8. The molecular formula is C45H63N3O3. The molecule has 0 radical (unpaired) electrons. The Morgan fingerprint density at radius 2 is 1.65 bits per heavy atom. The number of ether oxygens (including phenoxy) is 2. The molecule has 2 saturated heterocycles. The van der Waals surface area contributed by atoms with Crippen molar-refractivity contribution < 1.29 is 14.6 Å². The first-order valence-electron chi connectivity index (χ1n) is 20.5. The Kier molecular flexibility index (Phi) is 9.82. The maximum atomic E-state index is 11.4. The predicted octanol–water partition coefficient (Wildman–Crippen LogP) is 9.67. The smallest absolute Gasteiger partial charge is 0.169 e. The van der Waals surface area contributed by atoms with E-state index in [0.717, 1.165) is 76.2 Å². The Labute approximate surface area is 307 Å². The predicted molar refractivity (Wildman–Crippen MR) is 207 cm³/mol. The number of benzene rings is 2. The lowest BCUT2D eigenvalue weighted by atomic mass is 9.52. The molecule has 6 aliphatic rings. The average Bonchev–Trinajstić information content (AvgIpc) is 3.45. The Morgan fingerprint density at radius 3 is 2.37 bits per heavy atom. The van der Waals surface area contributed by atoms with Crippen LogP contribution in [0, 0.1) is 28.6 Å². The first-order chi connectivity index (χ1) is 24.7. The minimum Gasteiger partial charge on any atom is -0.393 e. The summed E-state index contributed by atoms with van der Waals surface area (Å²) in [5, 5.41) is 18.7. The number of rotatable bonds is 8. The lowest BCUT2D eigenvalue weighted by Crippen LogP contribution is -2.52. The highest BCUT2D eigenvalue weighted by atomic mass is 16.7. The summed E-state index contributed by atoms with van der Waals surface area (Å²) in [5.41, 5.74) is 8.69. The number of nitrogens with one attached hydrogen (secondary N) is 2. The molecule has 6 atom stereocenters. The second-order valence-corrected chi connectivity index (χ2v) is 18.0. The highest BCUT2D eigenvalue weighted by Gasteiger charge is 2.57. The fourth-order valence-corrected chi connectivity index (χ4v) is 11.0. The Morgan fingerprint density at radius 1 is 0.902 bits per heavy atom. The van der Waals surface area contributed by atoms with Crippen LogP contribution in [0.3, 0.4) is 0 Å². The maximum Gasteiger partial charge on any atom is 0.169 e. The summed E-state index contributed by atoms with van der Waals surface area (Å²) in [4.78, 5) is 2.51. The molecule has 2 heterocycles. The van der Waals surface area contributed by atoms with Gasteiger partial charge < -0.3 is 30.1 Å². The second-order valence-electron chi connectivity index (χ2n) is 18.0. The normalized spacial score (nSPS) is 33.0. The third kappa shape index (κ3) is 7.02. The van der Waals surface area contributed by atoms with Crippen molar-refractivity contribution in [2.75, 3.05) is 36.5 Å². The fraction of sp³-hybridized carbons (Fsp3) is 0.644. The van der Waals surface area contributed by atoms with Gasteiger partial charge in [-0.25, -0.2) is 0 Å². The first kappa shape index (κ1) is 35.2. The monoisotopic (exact) mass is 693 g/mol. The van der Waals surface area contributed by atoms with Crippen LogP contribution in [-0.2, 0) is 16.0 Å². The third-order valence-corrected chi connectivity index (χ3v) is 13.9. The van der Waals surface area contributed by atoms with E-state index in [0.29, 0.717) is 23.7 Å². The molecule has 6 unspecified atom stereocenters. The van der Waals surface area contributed by atoms with Gasteiger partial charge in [-0.2, -0.15) is 0 Å². The lowest BCUT2D eigenvalue weighted by molar-refractivity contribution is -0.312. The summed E-state index contributed by atoms with van der Waals surface area (Å²) < 4.78 is 13.1. The van der Waals surface area contributed by atoms with Gasteiger partial charge in [0.2, 0.25) is 0 Å². The van der Waals surface area contributed by atoms with Gasteiger partial charge in [0.05, 0.1) is 25.1 Å². The number of nitrogens with zero attached hydrogens (tertiary/aromatic N) is 1. The number of aliphatic hydroxyl groups is 1. The Bertz CT molecular complexity index is 1580. The summed E-state index contributed by atoms with van der Waals surface area (Å²) in [6, 6.07) is 18.4. The molecule has 0 bridgehead atoms. The van der Waals surface area contributed by atoms with Crippen molar-refractivity contribution in [1.82, 2.24) is 5.32 Å². The standard InChI is InChI=1S/C45H63N3O3/c1-5-9-41(47-34-15-17-35(18-16-34)48-24-7-6-8-25-48)46-28-31-10-12-32(13-11-31)38-27-44(4)39(20-21-40(44)49)37-19-14-33-26-45(23-22-36(33)42(37)38)50-29-43(2,3)30-51-45/h9-13,15-18,33,37-40,46-47,49H,5-8,14,19-30H2,1-4H3/b41-9-. The topological polar surface area (TPSA) is 66.0 Å². The summed E-state index contributed by atoms with van der Waals surface area (Å²) in [7, 11) is 0. The molecule has 2 aromatic carbocycles. The zero-order chi connectivity index (χ0) is 35.2. The van der Waals surface area contributed by atoms with Crippen molar-refractivity contribution in [3.63, 3.8) is 0 Å². The molecule has 0 aromatic heterocycles. The van der Waals surface area contributed by atoms with E-state index in [1.165, 1.54) is 62.0 Å². The van der Waals surface area contributed by atoms with Gasteiger partial charge >= 0.3 is 0 Å². The number of hydrogen-bond acceptors (Lipinski definition) is 6. The molecule has 2 aliphatic heterocycles. The van der Waals surface area contributed by atoms with Gasteiger partial charge in [0.1, 0.15) is 0 Å². The van der Waals surface area contributed by atoms with Crippen molar-refractivity contribution in [3.05, 3.63) is 82.7 Å². The van der Waals surface area contributed by atoms with Crippen molar-refractivity contribution in [2.24, 2.45) is 28.6 Å². The zero-order valence-corrected chi connectivity index (χ0v) is 31.8. The zero-order valence-electron chi connectivity index (χ0n) is 31.8. The van der Waals surface area contributed by atoms with E-state index in [1.807, 2.05) is 0 Å². The highest BCUT2D eigenvalue weighted by molar-refractivity contribution is 5.57. The molecule has 6 nitrogen and oxygen atoms in total. The van der Waals surface area contributed by atoms with Crippen molar-refractivity contribution in [3.8, 4) is 0 Å². The van der Waals surface area contributed by atoms with Gasteiger partial charge in [-0.3, -0.25) is 0 Å². The fourth-order valence-electron chi connectivity index (χ4n) is 11.0. The van der Waals surface area contributed by atoms with Crippen LogP contribution in [0.15, 0.2) is 71.6 Å². The molecule has 2 aromatic rings. The van der Waals surface area contributed by atoms with Gasteiger partial charge in [-0.1, -0.05) is 63.1 Å². The van der Waals surface area contributed by atoms with Crippen molar-refractivity contribution in [2.45, 2.75) is 129 Å². The van der Waals surface area contributed by atoms with Crippen LogP contribution in [0.2, 0.25) is 0 Å². The minimum atomic E-state index is -0.398. The maximum absolute atomic E-state index is 11.4. The van der Waals surface area contributed by atoms with Crippen LogP contribution in [0.25, 0.3) is 0 Å².